The molecule has 1 aliphatic heterocycles. The smallest absolute Gasteiger partial charge is 0.255 e. The number of imidazole rings is 1. The van der Waals surface area contributed by atoms with E-state index in [2.05, 4.69) is 37.1 Å². The number of hydrogen-bond acceptors (Lipinski definition) is 4. The number of rotatable bonds is 7. The highest BCUT2D eigenvalue weighted by molar-refractivity contribution is 9.10. The zero-order valence-electron chi connectivity index (χ0n) is 17.5. The molecule has 0 saturated carbocycles. The number of nitrogens with one attached hydrogen (secondary N) is 2. The van der Waals surface area contributed by atoms with Crippen molar-refractivity contribution in [3.05, 3.63) is 75.0 Å². The number of ether oxygens (including phenoxy) is 1. The first-order valence-electron chi connectivity index (χ1n) is 10.2. The summed E-state index contributed by atoms with van der Waals surface area (Å²) in [6, 6.07) is 9.62. The summed E-state index contributed by atoms with van der Waals surface area (Å²) < 4.78 is 6.03. The molecule has 0 fully saturated rings. The quantitative estimate of drug-likeness (QED) is 0.275. The van der Waals surface area contributed by atoms with Gasteiger partial charge in [0.05, 0.1) is 23.2 Å². The SMILES string of the molecule is C#CCOC[C@H](NC(=O)c1ccc(C(=O)N2CC=CC2)c(Br)c1)c1nc2ccc(Cl)cc2[nH]1. The second kappa shape index (κ2) is 10.2. The summed E-state index contributed by atoms with van der Waals surface area (Å²) in [5, 5.41) is 3.50. The molecule has 1 aromatic heterocycles. The highest BCUT2D eigenvalue weighted by Crippen LogP contribution is 2.23. The molecule has 2 N–H and O–H groups in total. The van der Waals surface area contributed by atoms with Gasteiger partial charge in [0.1, 0.15) is 18.5 Å². The normalized spacial score (nSPS) is 13.8. The predicted molar refractivity (Wildman–Crippen MR) is 130 cm³/mol. The molecule has 168 valence electrons. The van der Waals surface area contributed by atoms with Crippen LogP contribution in [-0.2, 0) is 4.74 Å². The van der Waals surface area contributed by atoms with Gasteiger partial charge in [-0.3, -0.25) is 9.59 Å². The lowest BCUT2D eigenvalue weighted by Gasteiger charge is -2.18. The summed E-state index contributed by atoms with van der Waals surface area (Å²) in [5.74, 6) is 2.49. The van der Waals surface area contributed by atoms with Crippen LogP contribution in [0, 0.1) is 12.3 Å². The lowest BCUT2D eigenvalue weighted by molar-refractivity contribution is 0.0797. The molecule has 1 atom stereocenters. The van der Waals surface area contributed by atoms with E-state index in [1.165, 1.54) is 0 Å². The molecule has 2 aromatic carbocycles. The van der Waals surface area contributed by atoms with Crippen LogP contribution in [0.25, 0.3) is 11.0 Å². The number of benzene rings is 2. The average Bonchev–Trinajstić information content (AvgIpc) is 3.48. The predicted octanol–water partition coefficient (Wildman–Crippen LogP) is 4.11. The number of aromatic nitrogens is 2. The van der Waals surface area contributed by atoms with E-state index in [9.17, 15) is 9.59 Å². The highest BCUT2D eigenvalue weighted by Gasteiger charge is 2.23. The number of amides is 2. The van der Waals surface area contributed by atoms with Crippen molar-refractivity contribution in [2.75, 3.05) is 26.3 Å². The molecule has 0 aliphatic carbocycles. The van der Waals surface area contributed by atoms with Crippen molar-refractivity contribution in [3.63, 3.8) is 0 Å². The Hall–Kier alpha value is -3.12. The molecule has 4 rings (SSSR count). The number of carbonyl (C=O) groups excluding carboxylic acids is 2. The monoisotopic (exact) mass is 526 g/mol. The zero-order valence-corrected chi connectivity index (χ0v) is 19.8. The van der Waals surface area contributed by atoms with Gasteiger partial charge < -0.3 is 19.9 Å². The first-order chi connectivity index (χ1) is 16.0. The van der Waals surface area contributed by atoms with Gasteiger partial charge in [0.2, 0.25) is 0 Å². The Morgan fingerprint density at radius 1 is 1.27 bits per heavy atom. The largest absolute Gasteiger partial charge is 0.366 e. The number of aromatic amines is 1. The van der Waals surface area contributed by atoms with Gasteiger partial charge in [-0.15, -0.1) is 6.42 Å². The van der Waals surface area contributed by atoms with Crippen LogP contribution in [-0.4, -0.2) is 53.0 Å². The number of terminal acetylenes is 1. The third-order valence-electron chi connectivity index (χ3n) is 5.13. The molecule has 0 unspecified atom stereocenters. The number of hydrogen-bond donors (Lipinski definition) is 2. The maximum atomic E-state index is 13.0. The molecule has 3 aromatic rings. The Morgan fingerprint density at radius 3 is 2.79 bits per heavy atom. The van der Waals surface area contributed by atoms with E-state index in [1.807, 2.05) is 12.2 Å². The van der Waals surface area contributed by atoms with E-state index in [0.29, 0.717) is 45.1 Å². The molecule has 33 heavy (non-hydrogen) atoms. The summed E-state index contributed by atoms with van der Waals surface area (Å²) in [6.07, 6.45) is 9.18. The van der Waals surface area contributed by atoms with Crippen molar-refractivity contribution in [3.8, 4) is 12.3 Å². The second-order valence-electron chi connectivity index (χ2n) is 7.40. The van der Waals surface area contributed by atoms with Gasteiger partial charge in [0.15, 0.2) is 0 Å². The Bertz CT molecular complexity index is 1270. The van der Waals surface area contributed by atoms with Crippen molar-refractivity contribution in [2.24, 2.45) is 0 Å². The van der Waals surface area contributed by atoms with E-state index >= 15 is 0 Å². The minimum absolute atomic E-state index is 0.0969. The van der Waals surface area contributed by atoms with Gasteiger partial charge in [-0.1, -0.05) is 29.7 Å². The van der Waals surface area contributed by atoms with Crippen LogP contribution in [0.2, 0.25) is 5.02 Å². The number of carbonyl (C=O) groups is 2. The van der Waals surface area contributed by atoms with Crippen molar-refractivity contribution in [1.82, 2.24) is 20.2 Å². The molecular weight excluding hydrogens is 508 g/mol. The van der Waals surface area contributed by atoms with Crippen LogP contribution in [0.15, 0.2) is 53.0 Å². The molecule has 0 saturated heterocycles. The number of halogens is 2. The van der Waals surface area contributed by atoms with Crippen LogP contribution < -0.4 is 5.32 Å². The van der Waals surface area contributed by atoms with Gasteiger partial charge in [-0.05, 0) is 52.3 Å². The minimum atomic E-state index is -0.576. The Balaban J connectivity index is 1.54. The summed E-state index contributed by atoms with van der Waals surface area (Å²) >= 11 is 9.50. The van der Waals surface area contributed by atoms with Crippen LogP contribution in [0.1, 0.15) is 32.6 Å². The molecular formula is C24H20BrClN4O3. The summed E-state index contributed by atoms with van der Waals surface area (Å²) in [6.45, 7) is 1.39. The van der Waals surface area contributed by atoms with Gasteiger partial charge in [0.25, 0.3) is 11.8 Å². The van der Waals surface area contributed by atoms with E-state index in [-0.39, 0.29) is 25.0 Å². The second-order valence-corrected chi connectivity index (χ2v) is 8.70. The van der Waals surface area contributed by atoms with Gasteiger partial charge >= 0.3 is 0 Å². The number of H-pyrrole nitrogens is 1. The molecule has 1 aliphatic rings. The molecule has 0 radical (unpaired) electrons. The fraction of sp³-hybridized carbons (Fsp3) is 0.208. The molecule has 0 spiro atoms. The molecule has 9 heteroatoms. The zero-order chi connectivity index (χ0) is 23.4. The third-order valence-corrected chi connectivity index (χ3v) is 6.03. The Labute approximate surface area is 204 Å². The van der Waals surface area contributed by atoms with Gasteiger partial charge in [-0.2, -0.15) is 0 Å². The Kier molecular flexibility index (Phi) is 7.14. The fourth-order valence-corrected chi connectivity index (χ4v) is 4.20. The van der Waals surface area contributed by atoms with Crippen molar-refractivity contribution >= 4 is 50.4 Å². The topological polar surface area (TPSA) is 87.3 Å². The molecule has 0 bridgehead atoms. The van der Waals surface area contributed by atoms with Gasteiger partial charge in [-0.25, -0.2) is 4.98 Å². The molecule has 2 heterocycles. The minimum Gasteiger partial charge on any atom is -0.366 e. The number of fused-ring (bicyclic) bond motifs is 1. The molecule has 7 nitrogen and oxygen atoms in total. The Morgan fingerprint density at radius 2 is 2.06 bits per heavy atom. The maximum absolute atomic E-state index is 13.0. The molecule has 2 amide bonds. The van der Waals surface area contributed by atoms with Gasteiger partial charge in [0, 0.05) is 28.1 Å². The van der Waals surface area contributed by atoms with E-state index in [1.54, 1.807) is 41.3 Å². The maximum Gasteiger partial charge on any atom is 0.255 e. The first-order valence-corrected chi connectivity index (χ1v) is 11.3. The van der Waals surface area contributed by atoms with Crippen LogP contribution in [0.5, 0.6) is 0 Å². The lowest BCUT2D eigenvalue weighted by atomic mass is 10.1. The van der Waals surface area contributed by atoms with Crippen molar-refractivity contribution in [2.45, 2.75) is 6.04 Å². The van der Waals surface area contributed by atoms with Crippen molar-refractivity contribution in [1.29, 1.82) is 0 Å². The fourth-order valence-electron chi connectivity index (χ4n) is 3.48. The first kappa shape index (κ1) is 23.1. The summed E-state index contributed by atoms with van der Waals surface area (Å²) in [5.41, 5.74) is 2.35. The highest BCUT2D eigenvalue weighted by atomic mass is 79.9. The summed E-state index contributed by atoms with van der Waals surface area (Å²) in [4.78, 5) is 35.1. The van der Waals surface area contributed by atoms with Crippen LogP contribution >= 0.6 is 27.5 Å². The van der Waals surface area contributed by atoms with E-state index in [0.717, 1.165) is 5.52 Å². The summed E-state index contributed by atoms with van der Waals surface area (Å²) in [7, 11) is 0. The number of nitrogens with zero attached hydrogens (tertiary/aromatic N) is 2. The van der Waals surface area contributed by atoms with E-state index < -0.39 is 6.04 Å². The lowest BCUT2D eigenvalue weighted by Crippen LogP contribution is -2.32. The van der Waals surface area contributed by atoms with Crippen molar-refractivity contribution < 1.29 is 14.3 Å². The van der Waals surface area contributed by atoms with Crippen LogP contribution in [0.4, 0.5) is 0 Å². The van der Waals surface area contributed by atoms with E-state index in [4.69, 9.17) is 22.8 Å². The standard InChI is InChI=1S/C24H20BrClN4O3/c1-2-11-33-14-21(22-27-19-8-6-16(26)13-20(19)28-22)29-23(31)15-5-7-17(18(25)12-15)24(32)30-9-3-4-10-30/h1,3-8,12-13,21H,9-11,14H2,(H,27,28)(H,29,31)/t21-/m0/s1. The van der Waals surface area contributed by atoms with Crippen LogP contribution in [0.3, 0.4) is 0 Å². The average molecular weight is 528 g/mol. The third kappa shape index (κ3) is 5.28.